The van der Waals surface area contributed by atoms with E-state index in [1.54, 1.807) is 23.3 Å². The minimum absolute atomic E-state index is 0. The third-order valence-corrected chi connectivity index (χ3v) is 7.41. The van der Waals surface area contributed by atoms with Crippen LogP contribution in [0, 0.1) is 0 Å². The van der Waals surface area contributed by atoms with E-state index >= 15 is 0 Å². The van der Waals surface area contributed by atoms with Gasteiger partial charge in [0, 0.05) is 0 Å². The zero-order chi connectivity index (χ0) is 10.1. The van der Waals surface area contributed by atoms with Gasteiger partial charge in [-0.2, -0.15) is 0 Å². The summed E-state index contributed by atoms with van der Waals surface area (Å²) in [5, 5.41) is 0. The Labute approximate surface area is 122 Å². The molecule has 2 aliphatic carbocycles. The summed E-state index contributed by atoms with van der Waals surface area (Å²) in [5.41, 5.74) is 4.74. The maximum absolute atomic E-state index is 2.47. The van der Waals surface area contributed by atoms with Crippen LogP contribution in [0.2, 0.25) is 0 Å². The molecular formula is C13H16Cl2Zr. The molecule has 16 heavy (non-hydrogen) atoms. The topological polar surface area (TPSA) is 0 Å². The Bertz CT molecular complexity index is 387. The van der Waals surface area contributed by atoms with E-state index in [-0.39, 0.29) is 24.8 Å². The first kappa shape index (κ1) is 16.4. The molecular weight excluding hydrogens is 318 g/mol. The summed E-state index contributed by atoms with van der Waals surface area (Å²) in [6.07, 6.45) is 9.52. The molecule has 0 bridgehead atoms. The van der Waals surface area contributed by atoms with E-state index in [0.717, 1.165) is 0 Å². The summed E-state index contributed by atoms with van der Waals surface area (Å²) in [6, 6.07) is 0. The summed E-state index contributed by atoms with van der Waals surface area (Å²) in [4.78, 5) is 0. The predicted octanol–water partition coefficient (Wildman–Crippen LogP) is -2.07. The van der Waals surface area contributed by atoms with Crippen LogP contribution in [0.25, 0.3) is 0 Å². The first-order valence-electron chi connectivity index (χ1n) is 5.18. The first-order chi connectivity index (χ1) is 6.68. The van der Waals surface area contributed by atoms with E-state index in [4.69, 9.17) is 0 Å². The van der Waals surface area contributed by atoms with Gasteiger partial charge < -0.3 is 24.8 Å². The molecule has 0 spiro atoms. The van der Waals surface area contributed by atoms with Gasteiger partial charge in [0.1, 0.15) is 0 Å². The predicted molar refractivity (Wildman–Crippen MR) is 57.5 cm³/mol. The van der Waals surface area contributed by atoms with E-state index in [0.29, 0.717) is 0 Å². The quantitative estimate of drug-likeness (QED) is 0.545. The van der Waals surface area contributed by atoms with Crippen molar-refractivity contribution in [1.82, 2.24) is 0 Å². The molecule has 0 radical (unpaired) electrons. The van der Waals surface area contributed by atoms with Gasteiger partial charge in [0.2, 0.25) is 0 Å². The van der Waals surface area contributed by atoms with Gasteiger partial charge in [-0.05, 0) is 0 Å². The Balaban J connectivity index is 0.00000112. The molecule has 0 nitrogen and oxygen atoms in total. The summed E-state index contributed by atoms with van der Waals surface area (Å²) in [5.74, 6) is 0. The van der Waals surface area contributed by atoms with Crippen molar-refractivity contribution in [3.05, 3.63) is 41.5 Å². The van der Waals surface area contributed by atoms with Gasteiger partial charge in [-0.15, -0.1) is 0 Å². The Morgan fingerprint density at radius 3 is 2.19 bits per heavy atom. The van der Waals surface area contributed by atoms with E-state index in [1.165, 1.54) is 12.8 Å². The van der Waals surface area contributed by atoms with Gasteiger partial charge >= 0.3 is 98.4 Å². The van der Waals surface area contributed by atoms with E-state index in [9.17, 15) is 0 Å². The molecule has 0 aliphatic heterocycles. The monoisotopic (exact) mass is 332 g/mol. The average molecular weight is 334 g/mol. The third kappa shape index (κ3) is 3.46. The molecule has 2 rings (SSSR count). The average Bonchev–Trinajstić information content (AvgIpc) is 2.68. The van der Waals surface area contributed by atoms with Crippen LogP contribution in [-0.4, -0.2) is 0 Å². The molecule has 0 saturated carbocycles. The molecule has 3 heteroatoms. The number of hydrogen-bond acceptors (Lipinski definition) is 0. The fraction of sp³-hybridized carbons (Fsp3) is 0.385. The van der Waals surface area contributed by atoms with Gasteiger partial charge in [-0.25, -0.2) is 0 Å². The zero-order valence-corrected chi connectivity index (χ0v) is 13.9. The second-order valence-corrected chi connectivity index (χ2v) is 7.54. The second kappa shape index (κ2) is 6.99. The van der Waals surface area contributed by atoms with Crippen molar-refractivity contribution in [3.8, 4) is 0 Å². The standard InChI is InChI=1S/C7H9.C6H7.2ClH.Zr/c1-6-4-3-5-7(6)2;1-6-4-2-3-5-6;;;/h3H,4H2,1-2H3;2,4H,3H2,1H3;2*1H;/q;;;;+2/p-2. The molecule has 0 heterocycles. The van der Waals surface area contributed by atoms with Crippen molar-refractivity contribution in [2.24, 2.45) is 0 Å². The van der Waals surface area contributed by atoms with Crippen molar-refractivity contribution in [3.63, 3.8) is 0 Å². The third-order valence-electron chi connectivity index (χ3n) is 3.11. The van der Waals surface area contributed by atoms with E-state index in [2.05, 4.69) is 39.0 Å². The van der Waals surface area contributed by atoms with E-state index in [1.807, 2.05) is 0 Å². The van der Waals surface area contributed by atoms with Crippen molar-refractivity contribution in [2.45, 2.75) is 33.6 Å². The number of allylic oxidation sites excluding steroid dienone is 8. The van der Waals surface area contributed by atoms with Crippen LogP contribution >= 0.6 is 0 Å². The second-order valence-electron chi connectivity index (χ2n) is 4.12. The van der Waals surface area contributed by atoms with Crippen molar-refractivity contribution in [2.75, 3.05) is 0 Å². The van der Waals surface area contributed by atoms with Gasteiger partial charge in [-0.1, -0.05) is 0 Å². The van der Waals surface area contributed by atoms with Crippen LogP contribution < -0.4 is 24.8 Å². The van der Waals surface area contributed by atoms with Crippen LogP contribution in [0.1, 0.15) is 33.6 Å². The maximum atomic E-state index is 2.47. The minimum atomic E-state index is -0.436. The number of halogens is 2. The minimum Gasteiger partial charge on any atom is -1.00 e. The summed E-state index contributed by atoms with van der Waals surface area (Å²) >= 11 is -0.436. The molecule has 0 fully saturated rings. The zero-order valence-electron chi connectivity index (χ0n) is 9.90. The summed E-state index contributed by atoms with van der Waals surface area (Å²) in [7, 11) is 0. The normalized spacial score (nSPS) is 18.1. The van der Waals surface area contributed by atoms with Crippen LogP contribution in [0.5, 0.6) is 0 Å². The SMILES string of the molecule is CC1=[C]([Zr+2][C]2=CCC(C)=C2C)CC=C1.[Cl-].[Cl-]. The summed E-state index contributed by atoms with van der Waals surface area (Å²) in [6.45, 7) is 6.83. The van der Waals surface area contributed by atoms with Crippen molar-refractivity contribution in [1.29, 1.82) is 0 Å². The van der Waals surface area contributed by atoms with Crippen LogP contribution in [0.4, 0.5) is 0 Å². The maximum Gasteiger partial charge on any atom is -1.00 e. The molecule has 0 N–H and O–H groups in total. The molecule has 0 aromatic heterocycles. The Morgan fingerprint density at radius 1 is 1.06 bits per heavy atom. The summed E-state index contributed by atoms with van der Waals surface area (Å²) < 4.78 is 3.50. The van der Waals surface area contributed by atoms with Gasteiger partial charge in [0.15, 0.2) is 0 Å². The molecule has 0 unspecified atom stereocenters. The van der Waals surface area contributed by atoms with Gasteiger partial charge in [0.05, 0.1) is 0 Å². The van der Waals surface area contributed by atoms with Gasteiger partial charge in [-0.3, -0.25) is 0 Å². The smallest absolute Gasteiger partial charge is 1.00 e. The Morgan fingerprint density at radius 2 is 1.75 bits per heavy atom. The largest absolute Gasteiger partial charge is 1.00 e. The first-order valence-corrected chi connectivity index (χ1v) is 7.64. The fourth-order valence-corrected chi connectivity index (χ4v) is 5.38. The molecule has 0 saturated heterocycles. The number of hydrogen-bond donors (Lipinski definition) is 0. The van der Waals surface area contributed by atoms with E-state index < -0.39 is 23.2 Å². The molecule has 0 aromatic carbocycles. The van der Waals surface area contributed by atoms with Crippen LogP contribution in [-0.2, 0) is 23.2 Å². The molecule has 0 amide bonds. The fourth-order valence-electron chi connectivity index (χ4n) is 1.86. The molecule has 86 valence electrons. The number of rotatable bonds is 2. The van der Waals surface area contributed by atoms with Crippen molar-refractivity contribution >= 4 is 0 Å². The Kier molecular flexibility index (Phi) is 7.18. The van der Waals surface area contributed by atoms with Crippen molar-refractivity contribution < 1.29 is 48.0 Å². The molecule has 0 atom stereocenters. The van der Waals surface area contributed by atoms with Crippen LogP contribution in [0.3, 0.4) is 0 Å². The van der Waals surface area contributed by atoms with Gasteiger partial charge in [0.25, 0.3) is 0 Å². The van der Waals surface area contributed by atoms with Crippen LogP contribution in [0.15, 0.2) is 41.5 Å². The Hall–Kier alpha value is 0.423. The molecule has 0 aromatic rings. The molecule has 2 aliphatic rings.